The highest BCUT2D eigenvalue weighted by Crippen LogP contribution is 2.24. The maximum atomic E-state index is 13.0. The quantitative estimate of drug-likeness (QED) is 0.889. The lowest BCUT2D eigenvalue weighted by atomic mass is 10.3. The average Bonchev–Trinajstić information content (AvgIpc) is 2.83. The Labute approximate surface area is 119 Å². The fourth-order valence-electron chi connectivity index (χ4n) is 1.54. The van der Waals surface area contributed by atoms with E-state index in [2.05, 4.69) is 4.72 Å². The van der Waals surface area contributed by atoms with Gasteiger partial charge in [0.25, 0.3) is 10.0 Å². The van der Waals surface area contributed by atoms with Gasteiger partial charge < -0.3 is 5.73 Å². The molecule has 0 aliphatic carbocycles. The zero-order valence-electron chi connectivity index (χ0n) is 10.3. The molecule has 4 nitrogen and oxygen atoms in total. The lowest BCUT2D eigenvalue weighted by Gasteiger charge is -2.06. The van der Waals surface area contributed by atoms with Gasteiger partial charge in [0.1, 0.15) is 4.21 Å². The molecule has 8 heteroatoms. The van der Waals surface area contributed by atoms with E-state index in [4.69, 9.17) is 5.73 Å². The maximum Gasteiger partial charge on any atom is 0.271 e. The number of anilines is 1. The summed E-state index contributed by atoms with van der Waals surface area (Å²) in [7, 11) is -3.80. The molecule has 1 aromatic heterocycles. The minimum absolute atomic E-state index is 0.0299. The number of nitrogens with one attached hydrogen (secondary N) is 1. The standard InChI is InChI=1S/C12H12F2N2O2S2/c13-10-3-1-8(7-11(10)14)16-20(17,18)12-4-2-9(19-12)5-6-15/h1-4,7,16H,5-6,15H2. The summed E-state index contributed by atoms with van der Waals surface area (Å²) in [5.41, 5.74) is 5.37. The summed E-state index contributed by atoms with van der Waals surface area (Å²) in [6, 6.07) is 5.95. The first kappa shape index (κ1) is 14.9. The monoisotopic (exact) mass is 318 g/mol. The van der Waals surface area contributed by atoms with Crippen LogP contribution in [0.2, 0.25) is 0 Å². The molecule has 0 aliphatic rings. The lowest BCUT2D eigenvalue weighted by Crippen LogP contribution is -2.11. The number of benzene rings is 1. The smallest absolute Gasteiger partial charge is 0.271 e. The SMILES string of the molecule is NCCc1ccc(S(=O)(=O)Nc2ccc(F)c(F)c2)s1. The van der Waals surface area contributed by atoms with Crippen LogP contribution in [0.1, 0.15) is 4.88 Å². The fourth-order valence-corrected chi connectivity index (χ4v) is 3.96. The minimum Gasteiger partial charge on any atom is -0.330 e. The molecule has 0 radical (unpaired) electrons. The van der Waals surface area contributed by atoms with Crippen LogP contribution < -0.4 is 10.5 Å². The highest BCUT2D eigenvalue weighted by molar-refractivity contribution is 7.94. The van der Waals surface area contributed by atoms with Crippen molar-refractivity contribution < 1.29 is 17.2 Å². The molecule has 1 aromatic carbocycles. The van der Waals surface area contributed by atoms with Crippen molar-refractivity contribution in [2.45, 2.75) is 10.6 Å². The maximum absolute atomic E-state index is 13.0. The van der Waals surface area contributed by atoms with Crippen LogP contribution in [0.3, 0.4) is 0 Å². The molecular formula is C12H12F2N2O2S2. The zero-order valence-corrected chi connectivity index (χ0v) is 11.9. The van der Waals surface area contributed by atoms with Crippen molar-refractivity contribution in [2.75, 3.05) is 11.3 Å². The van der Waals surface area contributed by atoms with Crippen LogP contribution in [0.15, 0.2) is 34.5 Å². The molecule has 0 saturated carbocycles. The summed E-state index contributed by atoms with van der Waals surface area (Å²) in [6.07, 6.45) is 0.589. The van der Waals surface area contributed by atoms with E-state index in [1.54, 1.807) is 6.07 Å². The number of sulfonamides is 1. The summed E-state index contributed by atoms with van der Waals surface area (Å²) in [4.78, 5) is 0.846. The molecule has 0 atom stereocenters. The largest absolute Gasteiger partial charge is 0.330 e. The van der Waals surface area contributed by atoms with Gasteiger partial charge in [-0.3, -0.25) is 4.72 Å². The second kappa shape index (κ2) is 5.86. The zero-order chi connectivity index (χ0) is 14.8. The molecule has 108 valence electrons. The van der Waals surface area contributed by atoms with E-state index < -0.39 is 21.7 Å². The van der Waals surface area contributed by atoms with E-state index in [1.165, 1.54) is 6.07 Å². The fraction of sp³-hybridized carbons (Fsp3) is 0.167. The van der Waals surface area contributed by atoms with Crippen molar-refractivity contribution in [3.05, 3.63) is 46.8 Å². The van der Waals surface area contributed by atoms with Gasteiger partial charge in [0.05, 0.1) is 5.69 Å². The van der Waals surface area contributed by atoms with E-state index in [0.29, 0.717) is 13.0 Å². The molecule has 3 N–H and O–H groups in total. The third-order valence-electron chi connectivity index (χ3n) is 2.46. The molecule has 0 spiro atoms. The van der Waals surface area contributed by atoms with Crippen LogP contribution in [-0.2, 0) is 16.4 Å². The van der Waals surface area contributed by atoms with Gasteiger partial charge in [-0.15, -0.1) is 11.3 Å². The van der Waals surface area contributed by atoms with Gasteiger partial charge >= 0.3 is 0 Å². The topological polar surface area (TPSA) is 72.2 Å². The summed E-state index contributed by atoms with van der Waals surface area (Å²) < 4.78 is 52.3. The molecule has 0 bridgehead atoms. The van der Waals surface area contributed by atoms with Gasteiger partial charge in [0, 0.05) is 10.9 Å². The van der Waals surface area contributed by atoms with Crippen LogP contribution >= 0.6 is 11.3 Å². The van der Waals surface area contributed by atoms with Crippen molar-refractivity contribution in [2.24, 2.45) is 5.73 Å². The second-order valence-electron chi connectivity index (χ2n) is 3.99. The predicted octanol–water partition coefficient (Wildman–Crippen LogP) is 2.33. The number of nitrogens with two attached hydrogens (primary N) is 1. The lowest BCUT2D eigenvalue weighted by molar-refractivity contribution is 0.509. The average molecular weight is 318 g/mol. The molecule has 2 aromatic rings. The van der Waals surface area contributed by atoms with Gasteiger partial charge in [-0.05, 0) is 37.2 Å². The Balaban J connectivity index is 2.23. The van der Waals surface area contributed by atoms with E-state index >= 15 is 0 Å². The first-order chi connectivity index (χ1) is 9.42. The molecule has 0 saturated heterocycles. The summed E-state index contributed by atoms with van der Waals surface area (Å²) in [6.45, 7) is 0.427. The number of hydrogen-bond acceptors (Lipinski definition) is 4. The van der Waals surface area contributed by atoms with Crippen LogP contribution in [0.4, 0.5) is 14.5 Å². The molecule has 20 heavy (non-hydrogen) atoms. The van der Waals surface area contributed by atoms with Crippen molar-refractivity contribution in [3.8, 4) is 0 Å². The Hall–Kier alpha value is -1.51. The number of rotatable bonds is 5. The van der Waals surface area contributed by atoms with E-state index in [0.717, 1.165) is 34.4 Å². The normalized spacial score (nSPS) is 11.6. The Morgan fingerprint density at radius 1 is 1.15 bits per heavy atom. The highest BCUT2D eigenvalue weighted by Gasteiger charge is 2.17. The van der Waals surface area contributed by atoms with Crippen LogP contribution in [0, 0.1) is 11.6 Å². The van der Waals surface area contributed by atoms with Crippen LogP contribution in [-0.4, -0.2) is 15.0 Å². The van der Waals surface area contributed by atoms with Crippen molar-refractivity contribution in [1.82, 2.24) is 0 Å². The molecule has 2 rings (SSSR count). The van der Waals surface area contributed by atoms with Crippen molar-refractivity contribution in [3.63, 3.8) is 0 Å². The molecule has 0 unspecified atom stereocenters. The highest BCUT2D eigenvalue weighted by atomic mass is 32.2. The third kappa shape index (κ3) is 3.33. The summed E-state index contributed by atoms with van der Waals surface area (Å²) in [5.74, 6) is -2.14. The number of hydrogen-bond donors (Lipinski definition) is 2. The van der Waals surface area contributed by atoms with Gasteiger partial charge in [-0.2, -0.15) is 0 Å². The van der Waals surface area contributed by atoms with Crippen LogP contribution in [0.25, 0.3) is 0 Å². The van der Waals surface area contributed by atoms with Gasteiger partial charge in [0.15, 0.2) is 11.6 Å². The Kier molecular flexibility index (Phi) is 4.36. The summed E-state index contributed by atoms with van der Waals surface area (Å²) in [5, 5.41) is 0. The van der Waals surface area contributed by atoms with E-state index in [1.807, 2.05) is 0 Å². The number of thiophene rings is 1. The molecular weight excluding hydrogens is 306 g/mol. The Morgan fingerprint density at radius 2 is 1.90 bits per heavy atom. The molecule has 0 amide bonds. The third-order valence-corrected chi connectivity index (χ3v) is 5.48. The first-order valence-electron chi connectivity index (χ1n) is 5.69. The Bertz CT molecular complexity index is 714. The van der Waals surface area contributed by atoms with Crippen molar-refractivity contribution in [1.29, 1.82) is 0 Å². The van der Waals surface area contributed by atoms with Gasteiger partial charge in [-0.1, -0.05) is 0 Å². The van der Waals surface area contributed by atoms with Crippen LogP contribution in [0.5, 0.6) is 0 Å². The first-order valence-corrected chi connectivity index (χ1v) is 7.99. The van der Waals surface area contributed by atoms with Gasteiger partial charge in [0.2, 0.25) is 0 Å². The van der Waals surface area contributed by atoms with E-state index in [9.17, 15) is 17.2 Å². The van der Waals surface area contributed by atoms with E-state index in [-0.39, 0.29) is 9.90 Å². The minimum atomic E-state index is -3.80. The number of halogens is 2. The van der Waals surface area contributed by atoms with Gasteiger partial charge in [-0.25, -0.2) is 17.2 Å². The predicted molar refractivity (Wildman–Crippen MR) is 74.2 cm³/mol. The molecule has 0 fully saturated rings. The van der Waals surface area contributed by atoms with Crippen molar-refractivity contribution >= 4 is 27.0 Å². The Morgan fingerprint density at radius 3 is 2.55 bits per heavy atom. The summed E-state index contributed by atoms with van der Waals surface area (Å²) >= 11 is 1.09. The molecule has 0 aliphatic heterocycles. The second-order valence-corrected chi connectivity index (χ2v) is 7.07. The molecule has 1 heterocycles.